The van der Waals surface area contributed by atoms with Gasteiger partial charge in [0.25, 0.3) is 5.91 Å². The Kier molecular flexibility index (Phi) is 6.43. The number of rotatable bonds is 4. The van der Waals surface area contributed by atoms with Crippen molar-refractivity contribution in [1.29, 1.82) is 0 Å². The van der Waals surface area contributed by atoms with Crippen LogP contribution < -0.4 is 10.2 Å². The van der Waals surface area contributed by atoms with Gasteiger partial charge in [-0.3, -0.25) is 4.79 Å². The van der Waals surface area contributed by atoms with Crippen molar-refractivity contribution in [3.05, 3.63) is 68.8 Å². The van der Waals surface area contributed by atoms with Gasteiger partial charge in [0.05, 0.1) is 16.1 Å². The molecule has 0 unspecified atom stereocenters. The molecule has 2 aliphatic heterocycles. The number of hydrogen-bond acceptors (Lipinski definition) is 4. The predicted molar refractivity (Wildman–Crippen MR) is 139 cm³/mol. The van der Waals surface area contributed by atoms with E-state index in [1.54, 1.807) is 24.3 Å². The highest BCUT2D eigenvalue weighted by molar-refractivity contribution is 8.18. The number of carbonyl (C=O) groups excluding carboxylic acids is 1. The van der Waals surface area contributed by atoms with E-state index in [0.29, 0.717) is 26.3 Å². The van der Waals surface area contributed by atoms with Gasteiger partial charge < -0.3 is 10.2 Å². The molecule has 7 heteroatoms. The van der Waals surface area contributed by atoms with Crippen LogP contribution in [0.3, 0.4) is 0 Å². The van der Waals surface area contributed by atoms with Gasteiger partial charge in [0.1, 0.15) is 5.82 Å². The molecule has 0 atom stereocenters. The van der Waals surface area contributed by atoms with Crippen molar-refractivity contribution >= 4 is 57.5 Å². The lowest BCUT2D eigenvalue weighted by Gasteiger charge is -2.43. The Hall–Kier alpha value is -2.57. The fourth-order valence-electron chi connectivity index (χ4n) is 4.29. The van der Waals surface area contributed by atoms with Crippen LogP contribution in [0.2, 0.25) is 5.02 Å². The molecular weight excluding hydrogens is 457 g/mol. The molecule has 1 fully saturated rings. The standard InChI is InChI=1S/C26H27ClFN3OS/c1-6-9-31-22-13-20(28)17(10-19(22)16(3)14-26(31,4)5)11-23-24(32)30-25(33-23)29-21-12-18(27)8-7-15(21)2/h7-8,10-14H,6,9H2,1-5H3,(H,29,30,32)/b23-11+. The maximum atomic E-state index is 15.2. The van der Waals surface area contributed by atoms with E-state index in [4.69, 9.17) is 11.6 Å². The lowest BCUT2D eigenvalue weighted by atomic mass is 9.87. The van der Waals surface area contributed by atoms with Crippen LogP contribution in [0.15, 0.2) is 46.3 Å². The number of benzene rings is 2. The lowest BCUT2D eigenvalue weighted by molar-refractivity contribution is -0.115. The summed E-state index contributed by atoms with van der Waals surface area (Å²) < 4.78 is 15.2. The van der Waals surface area contributed by atoms with Gasteiger partial charge in [0.15, 0.2) is 5.17 Å². The molecular formula is C26H27ClFN3OS. The number of aliphatic imine (C=N–C) groups is 1. The molecule has 0 radical (unpaired) electrons. The average molecular weight is 484 g/mol. The van der Waals surface area contributed by atoms with Crippen molar-refractivity contribution in [1.82, 2.24) is 5.32 Å². The Morgan fingerprint density at radius 1 is 1.24 bits per heavy atom. The zero-order valence-electron chi connectivity index (χ0n) is 19.4. The number of carbonyl (C=O) groups is 1. The third-order valence-electron chi connectivity index (χ3n) is 5.87. The first-order chi connectivity index (χ1) is 15.6. The van der Waals surface area contributed by atoms with E-state index in [1.165, 1.54) is 11.8 Å². The van der Waals surface area contributed by atoms with Gasteiger partial charge in [-0.1, -0.05) is 30.7 Å². The summed E-state index contributed by atoms with van der Waals surface area (Å²) in [5.74, 6) is -0.645. The van der Waals surface area contributed by atoms with E-state index < -0.39 is 0 Å². The van der Waals surface area contributed by atoms with Gasteiger partial charge in [-0.25, -0.2) is 9.38 Å². The molecule has 1 saturated heterocycles. The molecule has 172 valence electrons. The number of amides is 1. The van der Waals surface area contributed by atoms with Crippen molar-refractivity contribution in [2.45, 2.75) is 46.6 Å². The van der Waals surface area contributed by atoms with Crippen LogP contribution in [0, 0.1) is 12.7 Å². The number of fused-ring (bicyclic) bond motifs is 1. The summed E-state index contributed by atoms with van der Waals surface area (Å²) in [5, 5.41) is 3.79. The molecule has 4 rings (SSSR count). The van der Waals surface area contributed by atoms with E-state index in [9.17, 15) is 4.79 Å². The summed E-state index contributed by atoms with van der Waals surface area (Å²) in [6.07, 6.45) is 4.78. The maximum absolute atomic E-state index is 15.2. The fraction of sp³-hybridized carbons (Fsp3) is 0.308. The smallest absolute Gasteiger partial charge is 0.264 e. The maximum Gasteiger partial charge on any atom is 0.264 e. The van der Waals surface area contributed by atoms with E-state index in [-0.39, 0.29) is 17.3 Å². The second-order valence-corrected chi connectivity index (χ2v) is 10.4. The van der Waals surface area contributed by atoms with Crippen molar-refractivity contribution in [2.24, 2.45) is 4.99 Å². The van der Waals surface area contributed by atoms with Crippen molar-refractivity contribution in [3.8, 4) is 0 Å². The minimum Gasteiger partial charge on any atom is -0.362 e. The van der Waals surface area contributed by atoms with Gasteiger partial charge in [-0.05, 0) is 87.4 Å². The highest BCUT2D eigenvalue weighted by atomic mass is 35.5. The number of allylic oxidation sites excluding steroid dienone is 1. The molecule has 0 bridgehead atoms. The van der Waals surface area contributed by atoms with E-state index in [1.807, 2.05) is 26.0 Å². The number of halogens is 2. The van der Waals surface area contributed by atoms with Gasteiger partial charge in [-0.15, -0.1) is 0 Å². The monoisotopic (exact) mass is 483 g/mol. The number of aryl methyl sites for hydroxylation is 1. The van der Waals surface area contributed by atoms with Crippen LogP contribution in [0.25, 0.3) is 11.6 Å². The first-order valence-corrected chi connectivity index (χ1v) is 12.1. The quantitative estimate of drug-likeness (QED) is 0.472. The molecule has 2 aromatic carbocycles. The first kappa shape index (κ1) is 23.6. The number of nitrogens with one attached hydrogen (secondary N) is 1. The summed E-state index contributed by atoms with van der Waals surface area (Å²) in [5.41, 5.74) is 4.81. The van der Waals surface area contributed by atoms with Crippen molar-refractivity contribution in [2.75, 3.05) is 11.4 Å². The van der Waals surface area contributed by atoms with Crippen LogP contribution in [0.5, 0.6) is 0 Å². The Bertz CT molecular complexity index is 1230. The molecule has 0 saturated carbocycles. The Balaban J connectivity index is 1.69. The molecule has 2 heterocycles. The second kappa shape index (κ2) is 8.99. The van der Waals surface area contributed by atoms with Crippen LogP contribution in [-0.2, 0) is 4.79 Å². The van der Waals surface area contributed by atoms with Crippen LogP contribution in [0.1, 0.15) is 50.8 Å². The summed E-state index contributed by atoms with van der Waals surface area (Å²) in [6, 6.07) is 8.86. The van der Waals surface area contributed by atoms with Gasteiger partial charge in [0.2, 0.25) is 0 Å². The number of hydrogen-bond donors (Lipinski definition) is 1. The lowest BCUT2D eigenvalue weighted by Crippen LogP contribution is -2.45. The van der Waals surface area contributed by atoms with Gasteiger partial charge in [-0.2, -0.15) is 0 Å². The molecule has 0 aromatic heterocycles. The topological polar surface area (TPSA) is 44.7 Å². The molecule has 2 aliphatic rings. The van der Waals surface area contributed by atoms with Crippen LogP contribution in [-0.4, -0.2) is 23.2 Å². The Morgan fingerprint density at radius 2 is 2.00 bits per heavy atom. The third-order valence-corrected chi connectivity index (χ3v) is 7.02. The zero-order valence-corrected chi connectivity index (χ0v) is 21.0. The third kappa shape index (κ3) is 4.73. The SMILES string of the molecule is CCCN1c2cc(F)c(/C=C3/SC(=Nc4cc(Cl)ccc4C)NC3=O)cc2C(C)=CC1(C)C. The molecule has 2 aromatic rings. The normalized spacial score (nSPS) is 19.7. The number of anilines is 1. The summed E-state index contributed by atoms with van der Waals surface area (Å²) >= 11 is 7.27. The minimum atomic E-state index is -0.350. The van der Waals surface area contributed by atoms with Crippen LogP contribution in [0.4, 0.5) is 15.8 Å². The Labute approximate surface area is 203 Å². The molecule has 4 nitrogen and oxygen atoms in total. The summed E-state index contributed by atoms with van der Waals surface area (Å²) in [6.45, 7) is 11.2. The highest BCUT2D eigenvalue weighted by Gasteiger charge is 2.32. The largest absolute Gasteiger partial charge is 0.362 e. The second-order valence-electron chi connectivity index (χ2n) is 8.94. The summed E-state index contributed by atoms with van der Waals surface area (Å²) in [4.78, 5) is 19.7. The van der Waals surface area contributed by atoms with E-state index >= 15 is 4.39 Å². The Morgan fingerprint density at radius 3 is 2.73 bits per heavy atom. The molecule has 1 amide bonds. The fourth-order valence-corrected chi connectivity index (χ4v) is 5.28. The molecule has 33 heavy (non-hydrogen) atoms. The average Bonchev–Trinajstić information content (AvgIpc) is 3.07. The van der Waals surface area contributed by atoms with Crippen LogP contribution >= 0.6 is 23.4 Å². The minimum absolute atomic E-state index is 0.190. The number of thioether (sulfide) groups is 1. The van der Waals surface area contributed by atoms with Crippen molar-refractivity contribution in [3.63, 3.8) is 0 Å². The molecule has 0 aliphatic carbocycles. The van der Waals surface area contributed by atoms with E-state index in [2.05, 4.69) is 42.1 Å². The van der Waals surface area contributed by atoms with E-state index in [0.717, 1.165) is 35.4 Å². The van der Waals surface area contributed by atoms with Gasteiger partial charge >= 0.3 is 0 Å². The molecule has 1 N–H and O–H groups in total. The predicted octanol–water partition coefficient (Wildman–Crippen LogP) is 7.09. The first-order valence-electron chi connectivity index (χ1n) is 11.0. The zero-order chi connectivity index (χ0) is 23.9. The number of amidine groups is 1. The van der Waals surface area contributed by atoms with Crippen molar-refractivity contribution < 1.29 is 9.18 Å². The number of nitrogens with zero attached hydrogens (tertiary/aromatic N) is 2. The molecule has 0 spiro atoms. The highest BCUT2D eigenvalue weighted by Crippen LogP contribution is 2.41. The van der Waals surface area contributed by atoms with Gasteiger partial charge in [0, 0.05) is 28.4 Å². The summed E-state index contributed by atoms with van der Waals surface area (Å²) in [7, 11) is 0.